The molecule has 1 aromatic heterocycles. The number of carbonyl (C=O) groups excluding carboxylic acids is 1. The van der Waals surface area contributed by atoms with Gasteiger partial charge in [-0.05, 0) is 18.1 Å². The van der Waals surface area contributed by atoms with Gasteiger partial charge in [0.05, 0.1) is 12.5 Å². The maximum atomic E-state index is 11.8. The Labute approximate surface area is 111 Å². The van der Waals surface area contributed by atoms with Gasteiger partial charge >= 0.3 is 5.97 Å². The summed E-state index contributed by atoms with van der Waals surface area (Å²) in [5.41, 5.74) is 1.48. The number of amides is 1. The molecule has 0 saturated heterocycles. The smallest absolute Gasteiger partial charge is 0.305 e. The van der Waals surface area contributed by atoms with Crippen LogP contribution in [-0.4, -0.2) is 28.1 Å². The van der Waals surface area contributed by atoms with Gasteiger partial charge in [-0.3, -0.25) is 9.59 Å². The minimum Gasteiger partial charge on any atom is -0.481 e. The second-order valence-corrected chi connectivity index (χ2v) is 4.72. The molecule has 0 saturated carbocycles. The van der Waals surface area contributed by atoms with Crippen molar-refractivity contribution in [2.45, 2.75) is 32.2 Å². The minimum absolute atomic E-state index is 0.0140. The second-order valence-electron chi connectivity index (χ2n) is 4.72. The summed E-state index contributed by atoms with van der Waals surface area (Å²) in [4.78, 5) is 22.6. The van der Waals surface area contributed by atoms with E-state index in [9.17, 15) is 9.59 Å². The average molecular weight is 262 g/mol. The van der Waals surface area contributed by atoms with Gasteiger partial charge in [-0.25, -0.2) is 0 Å². The van der Waals surface area contributed by atoms with E-state index in [1.54, 1.807) is 10.6 Å². The Kier molecular flexibility index (Phi) is 4.04. The number of carbonyl (C=O) groups is 2. The van der Waals surface area contributed by atoms with Gasteiger partial charge in [0.25, 0.3) is 5.91 Å². The van der Waals surface area contributed by atoms with Crippen molar-refractivity contribution in [3.63, 3.8) is 0 Å². The number of carboxylic acids is 1. The Bertz CT molecular complexity index is 517. The molecule has 0 bridgehead atoms. The van der Waals surface area contributed by atoms with Crippen LogP contribution in [0.15, 0.2) is 18.3 Å². The summed E-state index contributed by atoms with van der Waals surface area (Å²) >= 11 is 0. The lowest BCUT2D eigenvalue weighted by molar-refractivity contribution is -0.137. The first-order valence-corrected chi connectivity index (χ1v) is 6.50. The van der Waals surface area contributed by atoms with Crippen LogP contribution >= 0.6 is 0 Å². The summed E-state index contributed by atoms with van der Waals surface area (Å²) in [5.74, 6) is -0.999. The van der Waals surface area contributed by atoms with Gasteiger partial charge in [0.15, 0.2) is 0 Å². The van der Waals surface area contributed by atoms with Crippen molar-refractivity contribution in [1.82, 2.24) is 9.88 Å². The first-order valence-electron chi connectivity index (χ1n) is 6.50. The predicted octanol–water partition coefficient (Wildman–Crippen LogP) is 2.06. The van der Waals surface area contributed by atoms with Crippen LogP contribution in [0.25, 0.3) is 6.08 Å². The number of nitrogens with one attached hydrogen (secondary N) is 1. The van der Waals surface area contributed by atoms with E-state index in [1.807, 2.05) is 12.3 Å². The van der Waals surface area contributed by atoms with Crippen LogP contribution < -0.4 is 5.32 Å². The van der Waals surface area contributed by atoms with E-state index in [0.29, 0.717) is 12.2 Å². The van der Waals surface area contributed by atoms with E-state index in [1.165, 1.54) is 0 Å². The molecule has 5 heteroatoms. The van der Waals surface area contributed by atoms with Crippen LogP contribution in [0.5, 0.6) is 0 Å². The summed E-state index contributed by atoms with van der Waals surface area (Å²) in [6, 6.07) is 1.59. The zero-order chi connectivity index (χ0) is 13.8. The highest BCUT2D eigenvalue weighted by Gasteiger charge is 2.26. The van der Waals surface area contributed by atoms with Crippen molar-refractivity contribution in [2.24, 2.45) is 0 Å². The molecule has 2 rings (SSSR count). The van der Waals surface area contributed by atoms with Gasteiger partial charge in [0, 0.05) is 12.7 Å². The largest absolute Gasteiger partial charge is 0.481 e. The summed E-state index contributed by atoms with van der Waals surface area (Å²) in [6.07, 6.45) is 7.97. The van der Waals surface area contributed by atoms with Crippen molar-refractivity contribution in [3.8, 4) is 0 Å². The number of hydrogen-bond acceptors (Lipinski definition) is 2. The normalized spacial score (nSPS) is 18.4. The molecule has 2 heterocycles. The lowest BCUT2D eigenvalue weighted by Crippen LogP contribution is -2.39. The number of fused-ring (bicyclic) bond motifs is 1. The number of nitrogens with zero attached hydrogens (tertiary/aromatic N) is 1. The summed E-state index contributed by atoms with van der Waals surface area (Å²) in [5, 5.41) is 11.6. The van der Waals surface area contributed by atoms with Crippen LogP contribution in [0.2, 0.25) is 0 Å². The lowest BCUT2D eigenvalue weighted by atomic mass is 10.1. The van der Waals surface area contributed by atoms with Gasteiger partial charge in [-0.15, -0.1) is 0 Å². The highest BCUT2D eigenvalue weighted by Crippen LogP contribution is 2.22. The van der Waals surface area contributed by atoms with Crippen molar-refractivity contribution >= 4 is 18.0 Å². The Balaban J connectivity index is 2.25. The van der Waals surface area contributed by atoms with Crippen molar-refractivity contribution in [1.29, 1.82) is 0 Å². The highest BCUT2D eigenvalue weighted by atomic mass is 16.4. The molecule has 0 aliphatic carbocycles. The summed E-state index contributed by atoms with van der Waals surface area (Å²) in [7, 11) is 0. The standard InChI is InChI=1S/C14H18N2O3/c1-2-3-4-5-10-6-12-14(19)15-8-11(7-13(17)18)16(12)9-10/h4-6,9,11H,2-3,7-8H2,1H3,(H,15,19)(H,17,18). The fourth-order valence-corrected chi connectivity index (χ4v) is 2.23. The zero-order valence-electron chi connectivity index (χ0n) is 10.9. The van der Waals surface area contributed by atoms with Crippen LogP contribution in [0.3, 0.4) is 0 Å². The quantitative estimate of drug-likeness (QED) is 0.853. The fourth-order valence-electron chi connectivity index (χ4n) is 2.23. The molecule has 0 spiro atoms. The van der Waals surface area contributed by atoms with Gasteiger partial charge in [0.2, 0.25) is 0 Å². The molecule has 19 heavy (non-hydrogen) atoms. The Hall–Kier alpha value is -2.04. The van der Waals surface area contributed by atoms with Crippen LogP contribution in [0, 0.1) is 0 Å². The molecular formula is C14H18N2O3. The van der Waals surface area contributed by atoms with Gasteiger partial charge < -0.3 is 15.0 Å². The average Bonchev–Trinajstić information content (AvgIpc) is 2.78. The molecule has 102 valence electrons. The first-order chi connectivity index (χ1) is 9.11. The van der Waals surface area contributed by atoms with E-state index in [4.69, 9.17) is 5.11 Å². The highest BCUT2D eigenvalue weighted by molar-refractivity contribution is 5.94. The minimum atomic E-state index is -0.858. The molecule has 1 aliphatic heterocycles. The molecule has 0 aromatic carbocycles. The third-order valence-corrected chi connectivity index (χ3v) is 3.17. The van der Waals surface area contributed by atoms with E-state index in [2.05, 4.69) is 18.3 Å². The number of rotatable bonds is 5. The zero-order valence-corrected chi connectivity index (χ0v) is 10.9. The third kappa shape index (κ3) is 3.05. The molecule has 0 fully saturated rings. The number of hydrogen-bond donors (Lipinski definition) is 2. The molecule has 1 aromatic rings. The third-order valence-electron chi connectivity index (χ3n) is 3.17. The monoisotopic (exact) mass is 262 g/mol. The fraction of sp³-hybridized carbons (Fsp3) is 0.429. The van der Waals surface area contributed by atoms with E-state index in [-0.39, 0.29) is 18.4 Å². The van der Waals surface area contributed by atoms with Crippen LogP contribution in [-0.2, 0) is 4.79 Å². The molecule has 1 atom stereocenters. The topological polar surface area (TPSA) is 71.3 Å². The number of allylic oxidation sites excluding steroid dienone is 1. The molecule has 1 amide bonds. The van der Waals surface area contributed by atoms with Crippen molar-refractivity contribution < 1.29 is 14.7 Å². The van der Waals surface area contributed by atoms with Crippen molar-refractivity contribution in [2.75, 3.05) is 6.54 Å². The maximum Gasteiger partial charge on any atom is 0.305 e. The summed E-state index contributed by atoms with van der Waals surface area (Å²) in [6.45, 7) is 2.47. The SMILES string of the molecule is CCCC=Cc1cc2n(c1)C(CC(=O)O)CNC2=O. The Morgan fingerprint density at radius 3 is 3.11 bits per heavy atom. The molecule has 5 nitrogen and oxygen atoms in total. The maximum absolute atomic E-state index is 11.8. The second kappa shape index (κ2) is 5.73. The van der Waals surface area contributed by atoms with E-state index in [0.717, 1.165) is 18.4 Å². The molecule has 0 radical (unpaired) electrons. The summed E-state index contributed by atoms with van der Waals surface area (Å²) < 4.78 is 1.78. The van der Waals surface area contributed by atoms with Crippen molar-refractivity contribution in [3.05, 3.63) is 29.6 Å². The Morgan fingerprint density at radius 2 is 2.42 bits per heavy atom. The molecule has 1 unspecified atom stereocenters. The predicted molar refractivity (Wildman–Crippen MR) is 72.0 cm³/mol. The first kappa shape index (κ1) is 13.4. The lowest BCUT2D eigenvalue weighted by Gasteiger charge is -2.25. The molecule has 2 N–H and O–H groups in total. The number of aromatic nitrogens is 1. The molecule has 1 aliphatic rings. The van der Waals surface area contributed by atoms with Crippen LogP contribution in [0.1, 0.15) is 48.3 Å². The van der Waals surface area contributed by atoms with Gasteiger partial charge in [0.1, 0.15) is 5.69 Å². The van der Waals surface area contributed by atoms with Gasteiger partial charge in [-0.2, -0.15) is 0 Å². The Morgan fingerprint density at radius 1 is 1.63 bits per heavy atom. The van der Waals surface area contributed by atoms with Gasteiger partial charge in [-0.1, -0.05) is 25.5 Å². The molecular weight excluding hydrogens is 244 g/mol. The van der Waals surface area contributed by atoms with Crippen LogP contribution in [0.4, 0.5) is 0 Å². The number of carboxylic acid groups (broad SMARTS) is 1. The van der Waals surface area contributed by atoms with E-state index >= 15 is 0 Å². The number of unbranched alkanes of at least 4 members (excludes halogenated alkanes) is 1. The number of aliphatic carboxylic acids is 1. The van der Waals surface area contributed by atoms with E-state index < -0.39 is 5.97 Å².